The lowest BCUT2D eigenvalue weighted by Gasteiger charge is -2.05. The van der Waals surface area contributed by atoms with Crippen LogP contribution in [0.15, 0.2) is 18.2 Å². The molecule has 1 saturated carbocycles. The van der Waals surface area contributed by atoms with Gasteiger partial charge in [0.05, 0.1) is 5.69 Å². The van der Waals surface area contributed by atoms with Gasteiger partial charge in [-0.15, -0.1) is 0 Å². The number of aromatic hydroxyl groups is 1. The molecule has 0 spiro atoms. The maximum absolute atomic E-state index is 9.36. The predicted molar refractivity (Wildman–Crippen MR) is 48.2 cm³/mol. The Balaban J connectivity index is 1.96. The fraction of sp³-hybridized carbons (Fsp3) is 0.400. The van der Waals surface area contributed by atoms with Gasteiger partial charge in [0, 0.05) is 6.54 Å². The summed E-state index contributed by atoms with van der Waals surface area (Å²) in [7, 11) is 0. The van der Waals surface area contributed by atoms with E-state index in [0.717, 1.165) is 18.2 Å². The van der Waals surface area contributed by atoms with Gasteiger partial charge >= 0.3 is 0 Å². The SMILES string of the molecule is Oc1cc[c]cc1NCC1CC1. The van der Waals surface area contributed by atoms with E-state index in [9.17, 15) is 5.11 Å². The number of hydrogen-bond acceptors (Lipinski definition) is 2. The molecule has 1 aromatic rings. The second-order valence-corrected chi connectivity index (χ2v) is 3.27. The summed E-state index contributed by atoms with van der Waals surface area (Å²) in [4.78, 5) is 0. The lowest BCUT2D eigenvalue weighted by atomic mass is 10.3. The maximum Gasteiger partial charge on any atom is 0.138 e. The molecule has 0 atom stereocenters. The zero-order chi connectivity index (χ0) is 8.39. The van der Waals surface area contributed by atoms with Gasteiger partial charge in [-0.1, -0.05) is 6.07 Å². The molecule has 0 saturated heterocycles. The van der Waals surface area contributed by atoms with Crippen LogP contribution >= 0.6 is 0 Å². The summed E-state index contributed by atoms with van der Waals surface area (Å²) < 4.78 is 0. The number of anilines is 1. The summed E-state index contributed by atoms with van der Waals surface area (Å²) in [5.41, 5.74) is 0.796. The van der Waals surface area contributed by atoms with E-state index in [1.807, 2.05) is 0 Å². The van der Waals surface area contributed by atoms with Crippen molar-refractivity contribution in [3.63, 3.8) is 0 Å². The van der Waals surface area contributed by atoms with Crippen molar-refractivity contribution in [2.45, 2.75) is 12.8 Å². The van der Waals surface area contributed by atoms with Crippen LogP contribution in [-0.2, 0) is 0 Å². The van der Waals surface area contributed by atoms with Gasteiger partial charge in [0.15, 0.2) is 0 Å². The van der Waals surface area contributed by atoms with Crippen LogP contribution in [0, 0.1) is 12.0 Å². The van der Waals surface area contributed by atoms with Gasteiger partial charge in [-0.05, 0) is 37.0 Å². The topological polar surface area (TPSA) is 32.3 Å². The molecule has 1 aliphatic rings. The first kappa shape index (κ1) is 7.47. The smallest absolute Gasteiger partial charge is 0.138 e. The van der Waals surface area contributed by atoms with Crippen LogP contribution in [0.2, 0.25) is 0 Å². The largest absolute Gasteiger partial charge is 0.506 e. The highest BCUT2D eigenvalue weighted by atomic mass is 16.3. The molecule has 0 aliphatic heterocycles. The summed E-state index contributed by atoms with van der Waals surface area (Å²) >= 11 is 0. The summed E-state index contributed by atoms with van der Waals surface area (Å²) in [6.07, 6.45) is 2.65. The molecular formula is C10H12NO. The average Bonchev–Trinajstić information content (AvgIpc) is 2.86. The molecule has 1 aromatic carbocycles. The molecule has 2 heteroatoms. The van der Waals surface area contributed by atoms with E-state index in [1.165, 1.54) is 12.8 Å². The molecule has 1 radical (unpaired) electrons. The summed E-state index contributed by atoms with van der Waals surface area (Å²) in [5.74, 6) is 1.14. The molecule has 63 valence electrons. The molecule has 2 rings (SSSR count). The van der Waals surface area contributed by atoms with Gasteiger partial charge in [-0.25, -0.2) is 0 Å². The average molecular weight is 162 g/mol. The van der Waals surface area contributed by atoms with E-state index >= 15 is 0 Å². The Morgan fingerprint density at radius 2 is 2.42 bits per heavy atom. The van der Waals surface area contributed by atoms with E-state index in [-0.39, 0.29) is 0 Å². The fourth-order valence-corrected chi connectivity index (χ4v) is 1.14. The third kappa shape index (κ3) is 1.70. The fourth-order valence-electron chi connectivity index (χ4n) is 1.14. The minimum atomic E-state index is 0.314. The number of rotatable bonds is 3. The van der Waals surface area contributed by atoms with Gasteiger partial charge < -0.3 is 10.4 Å². The standard InChI is InChI=1S/C10H12NO/c12-10-4-2-1-3-9(10)11-7-8-5-6-8/h2-4,8,11-12H,5-7H2. The first-order valence-corrected chi connectivity index (χ1v) is 4.29. The van der Waals surface area contributed by atoms with Crippen LogP contribution in [0.4, 0.5) is 5.69 Å². The summed E-state index contributed by atoms with van der Waals surface area (Å²) in [6, 6.07) is 8.05. The Morgan fingerprint density at radius 1 is 1.58 bits per heavy atom. The van der Waals surface area contributed by atoms with E-state index in [0.29, 0.717) is 5.75 Å². The van der Waals surface area contributed by atoms with Crippen LogP contribution in [0.25, 0.3) is 0 Å². The second kappa shape index (κ2) is 3.05. The van der Waals surface area contributed by atoms with Crippen molar-refractivity contribution in [3.8, 4) is 5.75 Å². The lowest BCUT2D eigenvalue weighted by molar-refractivity contribution is 0.477. The van der Waals surface area contributed by atoms with Gasteiger partial charge in [-0.3, -0.25) is 0 Å². The van der Waals surface area contributed by atoms with Gasteiger partial charge in [-0.2, -0.15) is 0 Å². The molecule has 0 amide bonds. The van der Waals surface area contributed by atoms with Crippen molar-refractivity contribution in [2.75, 3.05) is 11.9 Å². The Morgan fingerprint density at radius 3 is 3.08 bits per heavy atom. The Hall–Kier alpha value is -1.18. The number of phenolic OH excluding ortho intramolecular Hbond substituents is 1. The van der Waals surface area contributed by atoms with Crippen LogP contribution in [-0.4, -0.2) is 11.7 Å². The molecule has 2 nitrogen and oxygen atoms in total. The molecule has 12 heavy (non-hydrogen) atoms. The van der Waals surface area contributed by atoms with Crippen LogP contribution in [0.1, 0.15) is 12.8 Å². The first-order valence-electron chi connectivity index (χ1n) is 4.29. The van der Waals surface area contributed by atoms with Crippen molar-refractivity contribution in [1.29, 1.82) is 0 Å². The first-order chi connectivity index (χ1) is 5.86. The Kier molecular flexibility index (Phi) is 1.90. The van der Waals surface area contributed by atoms with Crippen molar-refractivity contribution in [3.05, 3.63) is 24.3 Å². The van der Waals surface area contributed by atoms with Crippen molar-refractivity contribution < 1.29 is 5.11 Å². The normalized spacial score (nSPS) is 16.0. The van der Waals surface area contributed by atoms with E-state index in [4.69, 9.17) is 0 Å². The maximum atomic E-state index is 9.36. The molecule has 0 unspecified atom stereocenters. The minimum Gasteiger partial charge on any atom is -0.506 e. The molecular weight excluding hydrogens is 150 g/mol. The minimum absolute atomic E-state index is 0.314. The zero-order valence-corrected chi connectivity index (χ0v) is 6.88. The van der Waals surface area contributed by atoms with E-state index in [1.54, 1.807) is 18.2 Å². The molecule has 1 fully saturated rings. The number of phenols is 1. The van der Waals surface area contributed by atoms with Crippen molar-refractivity contribution >= 4 is 5.69 Å². The van der Waals surface area contributed by atoms with E-state index < -0.39 is 0 Å². The molecule has 0 bridgehead atoms. The van der Waals surface area contributed by atoms with Gasteiger partial charge in [0.1, 0.15) is 5.75 Å². The third-order valence-electron chi connectivity index (χ3n) is 2.12. The van der Waals surface area contributed by atoms with Crippen LogP contribution in [0.3, 0.4) is 0 Å². The highest BCUT2D eigenvalue weighted by Gasteiger charge is 2.20. The summed E-state index contributed by atoms with van der Waals surface area (Å²) in [6.45, 7) is 0.978. The monoisotopic (exact) mass is 162 g/mol. The highest BCUT2D eigenvalue weighted by molar-refractivity contribution is 5.54. The molecule has 0 heterocycles. The number of nitrogens with one attached hydrogen (secondary N) is 1. The predicted octanol–water partition coefficient (Wildman–Crippen LogP) is 2.01. The van der Waals surface area contributed by atoms with Crippen LogP contribution < -0.4 is 5.32 Å². The zero-order valence-electron chi connectivity index (χ0n) is 6.88. The quantitative estimate of drug-likeness (QED) is 0.666. The molecule has 1 aliphatic carbocycles. The van der Waals surface area contributed by atoms with E-state index in [2.05, 4.69) is 11.4 Å². The molecule has 0 aromatic heterocycles. The van der Waals surface area contributed by atoms with Gasteiger partial charge in [0.25, 0.3) is 0 Å². The Labute approximate surface area is 72.2 Å². The van der Waals surface area contributed by atoms with Crippen molar-refractivity contribution in [2.24, 2.45) is 5.92 Å². The lowest BCUT2D eigenvalue weighted by Crippen LogP contribution is -2.02. The summed E-state index contributed by atoms with van der Waals surface area (Å²) in [5, 5.41) is 12.6. The number of hydrogen-bond donors (Lipinski definition) is 2. The highest BCUT2D eigenvalue weighted by Crippen LogP contribution is 2.30. The third-order valence-corrected chi connectivity index (χ3v) is 2.12. The van der Waals surface area contributed by atoms with Crippen molar-refractivity contribution in [1.82, 2.24) is 0 Å². The van der Waals surface area contributed by atoms with Gasteiger partial charge in [0.2, 0.25) is 0 Å². The number of benzene rings is 1. The Bertz CT molecular complexity index is 268. The van der Waals surface area contributed by atoms with Crippen LogP contribution in [0.5, 0.6) is 5.75 Å². The second-order valence-electron chi connectivity index (χ2n) is 3.27. The molecule has 2 N–H and O–H groups in total.